The van der Waals surface area contributed by atoms with E-state index in [0.29, 0.717) is 47.7 Å². The molecule has 15 heteroatoms. The first-order chi connectivity index (χ1) is 14.5. The van der Waals surface area contributed by atoms with Crippen LogP contribution < -0.4 is 11.5 Å². The Balaban J connectivity index is 1.33. The minimum absolute atomic E-state index is 0.0787. The fourth-order valence-electron chi connectivity index (χ4n) is 3.04. The summed E-state index contributed by atoms with van der Waals surface area (Å²) in [4.78, 5) is 24.7. The van der Waals surface area contributed by atoms with E-state index in [4.69, 9.17) is 34.7 Å². The van der Waals surface area contributed by atoms with Gasteiger partial charge >= 0.3 is 0 Å². The minimum Gasteiger partial charge on any atom is -0.368 e. The number of nitrogens with two attached hydrogens (primary N) is 2. The number of hydrogen-bond acceptors (Lipinski definition) is 10. The van der Waals surface area contributed by atoms with E-state index in [9.17, 15) is 0 Å². The smallest absolute Gasteiger partial charge is 0.223 e. The second kappa shape index (κ2) is 7.03. The second-order valence-corrected chi connectivity index (χ2v) is 7.09. The average molecular weight is 446 g/mol. The Bertz CT molecular complexity index is 1380. The Labute approximate surface area is 177 Å². The second-order valence-electron chi connectivity index (χ2n) is 6.37. The van der Waals surface area contributed by atoms with Crippen molar-refractivity contribution in [3.05, 3.63) is 34.9 Å². The highest BCUT2D eigenvalue weighted by Crippen LogP contribution is 2.21. The van der Waals surface area contributed by atoms with E-state index in [1.165, 1.54) is 0 Å². The van der Waals surface area contributed by atoms with E-state index >= 15 is 0 Å². The van der Waals surface area contributed by atoms with Gasteiger partial charge in [0, 0.05) is 6.54 Å². The quantitative estimate of drug-likeness (QED) is 0.368. The summed E-state index contributed by atoms with van der Waals surface area (Å²) >= 11 is 12.1. The minimum atomic E-state index is 0.0787. The van der Waals surface area contributed by atoms with E-state index in [-0.39, 0.29) is 22.2 Å². The van der Waals surface area contributed by atoms with Gasteiger partial charge in [-0.15, -0.1) is 5.10 Å². The van der Waals surface area contributed by atoms with Crippen molar-refractivity contribution in [2.45, 2.75) is 19.6 Å². The zero-order chi connectivity index (χ0) is 20.8. The number of halogens is 2. The third-order valence-electron chi connectivity index (χ3n) is 4.37. The topological polar surface area (TPSA) is 170 Å². The number of aryl methyl sites for hydroxylation is 2. The van der Waals surface area contributed by atoms with Gasteiger partial charge in [0.1, 0.15) is 16.7 Å². The first-order valence-corrected chi connectivity index (χ1v) is 9.40. The van der Waals surface area contributed by atoms with Gasteiger partial charge in [-0.3, -0.25) is 4.68 Å². The number of anilines is 2. The van der Waals surface area contributed by atoms with Gasteiger partial charge in [0.05, 0.1) is 31.9 Å². The molecule has 0 fully saturated rings. The third kappa shape index (κ3) is 3.23. The van der Waals surface area contributed by atoms with Gasteiger partial charge in [-0.05, 0) is 0 Å². The Kier molecular flexibility index (Phi) is 4.33. The molecule has 0 amide bonds. The lowest BCUT2D eigenvalue weighted by atomic mass is 10.4. The molecular weight excluding hydrogens is 433 g/mol. The molecule has 0 aromatic carbocycles. The first-order valence-electron chi connectivity index (χ1n) is 8.64. The van der Waals surface area contributed by atoms with Crippen LogP contribution in [0.2, 0.25) is 10.3 Å². The van der Waals surface area contributed by atoms with Crippen molar-refractivity contribution in [3.63, 3.8) is 0 Å². The van der Waals surface area contributed by atoms with E-state index in [2.05, 4.69) is 40.2 Å². The van der Waals surface area contributed by atoms with Crippen LogP contribution in [0.4, 0.5) is 11.9 Å². The first kappa shape index (κ1) is 18.4. The number of imidazole rings is 2. The number of rotatable bonds is 5. The average Bonchev–Trinajstić information content (AvgIpc) is 3.40. The summed E-state index contributed by atoms with van der Waals surface area (Å²) in [5.74, 6) is 0.171. The summed E-state index contributed by atoms with van der Waals surface area (Å²) in [5.41, 5.74) is 14.1. The molecule has 0 saturated heterocycles. The molecule has 5 aromatic rings. The molecule has 0 aliphatic rings. The van der Waals surface area contributed by atoms with Crippen molar-refractivity contribution in [1.29, 1.82) is 0 Å². The standard InChI is InChI=1S/C15H13Cl2N13/c16-10-8-12(24-14(18)22-10)28(5-20-8)1-2-30-4-7(26-27-30)3-29-6-21-9-11(17)23-15(19)25-13(9)29/h4-6H,1-3H2,(H2,18,22,24)(H2,19,23,25). The zero-order valence-electron chi connectivity index (χ0n) is 15.2. The monoisotopic (exact) mass is 445 g/mol. The molecule has 152 valence electrons. The number of fused-ring (bicyclic) bond motifs is 2. The van der Waals surface area contributed by atoms with Crippen LogP contribution in [0.15, 0.2) is 18.9 Å². The highest BCUT2D eigenvalue weighted by Gasteiger charge is 2.13. The lowest BCUT2D eigenvalue weighted by molar-refractivity contribution is 0.524. The van der Waals surface area contributed by atoms with Crippen LogP contribution in [-0.4, -0.2) is 54.0 Å². The lowest BCUT2D eigenvalue weighted by Crippen LogP contribution is -2.08. The maximum Gasteiger partial charge on any atom is 0.223 e. The van der Waals surface area contributed by atoms with Crippen molar-refractivity contribution in [2.75, 3.05) is 11.5 Å². The van der Waals surface area contributed by atoms with E-state index < -0.39 is 0 Å². The van der Waals surface area contributed by atoms with Crippen molar-refractivity contribution >= 4 is 57.4 Å². The molecule has 0 saturated carbocycles. The van der Waals surface area contributed by atoms with Crippen molar-refractivity contribution in [3.8, 4) is 0 Å². The summed E-state index contributed by atoms with van der Waals surface area (Å²) < 4.78 is 5.31. The van der Waals surface area contributed by atoms with Gasteiger partial charge in [-0.25, -0.2) is 9.97 Å². The van der Waals surface area contributed by atoms with Crippen LogP contribution in [0.25, 0.3) is 22.3 Å². The molecule has 5 aromatic heterocycles. The number of nitrogens with zero attached hydrogens (tertiary/aromatic N) is 11. The Morgan fingerprint density at radius 2 is 1.40 bits per heavy atom. The van der Waals surface area contributed by atoms with Crippen LogP contribution in [0.1, 0.15) is 5.69 Å². The Hall–Kier alpha value is -3.58. The summed E-state index contributed by atoms with van der Waals surface area (Å²) in [6.07, 6.45) is 5.07. The van der Waals surface area contributed by atoms with Crippen molar-refractivity contribution in [1.82, 2.24) is 54.0 Å². The molecule has 0 atom stereocenters. The summed E-state index contributed by atoms with van der Waals surface area (Å²) in [6, 6.07) is 0. The molecule has 5 heterocycles. The SMILES string of the molecule is Nc1nc(Cl)c2ncn(CCn3cc(Cn4cnc5c(Cl)nc(N)nc54)nn3)c2n1. The molecule has 0 aliphatic carbocycles. The van der Waals surface area contributed by atoms with Gasteiger partial charge in [-0.2, -0.15) is 19.9 Å². The van der Waals surface area contributed by atoms with Gasteiger partial charge in [-0.1, -0.05) is 28.4 Å². The highest BCUT2D eigenvalue weighted by atomic mass is 35.5. The number of aromatic nitrogens is 11. The fourth-order valence-corrected chi connectivity index (χ4v) is 3.48. The Morgan fingerprint density at radius 3 is 2.07 bits per heavy atom. The maximum absolute atomic E-state index is 6.06. The molecule has 5 rings (SSSR count). The molecular formula is C15H13Cl2N13. The van der Waals surface area contributed by atoms with Crippen LogP contribution >= 0.6 is 23.2 Å². The molecule has 0 bridgehead atoms. The Morgan fingerprint density at radius 1 is 0.800 bits per heavy atom. The van der Waals surface area contributed by atoms with E-state index in [0.717, 1.165) is 0 Å². The predicted octanol–water partition coefficient (Wildman–Crippen LogP) is 0.777. The molecule has 0 unspecified atom stereocenters. The van der Waals surface area contributed by atoms with Gasteiger partial charge in [0.2, 0.25) is 11.9 Å². The fraction of sp³-hybridized carbons (Fsp3) is 0.200. The van der Waals surface area contributed by atoms with Crippen LogP contribution in [0.5, 0.6) is 0 Å². The molecule has 0 radical (unpaired) electrons. The number of hydrogen-bond donors (Lipinski definition) is 2. The lowest BCUT2D eigenvalue weighted by Gasteiger charge is -2.04. The molecule has 0 spiro atoms. The molecule has 4 N–H and O–H groups in total. The molecule has 0 aliphatic heterocycles. The normalized spacial score (nSPS) is 11.7. The van der Waals surface area contributed by atoms with Crippen molar-refractivity contribution in [2.24, 2.45) is 0 Å². The van der Waals surface area contributed by atoms with Gasteiger partial charge < -0.3 is 20.6 Å². The molecule has 30 heavy (non-hydrogen) atoms. The summed E-state index contributed by atoms with van der Waals surface area (Å²) in [6.45, 7) is 1.47. The van der Waals surface area contributed by atoms with Crippen LogP contribution in [-0.2, 0) is 19.6 Å². The number of nitrogen functional groups attached to an aromatic ring is 2. The summed E-state index contributed by atoms with van der Waals surface area (Å²) in [5, 5.41) is 8.78. The summed E-state index contributed by atoms with van der Waals surface area (Å²) in [7, 11) is 0. The van der Waals surface area contributed by atoms with Gasteiger partial charge in [0.15, 0.2) is 21.6 Å². The van der Waals surface area contributed by atoms with Crippen LogP contribution in [0, 0.1) is 0 Å². The van der Waals surface area contributed by atoms with E-state index in [1.54, 1.807) is 21.9 Å². The van der Waals surface area contributed by atoms with E-state index in [1.807, 2.05) is 10.8 Å². The maximum atomic E-state index is 6.06. The van der Waals surface area contributed by atoms with Crippen molar-refractivity contribution < 1.29 is 0 Å². The zero-order valence-corrected chi connectivity index (χ0v) is 16.7. The van der Waals surface area contributed by atoms with Gasteiger partial charge in [0.25, 0.3) is 0 Å². The molecule has 13 nitrogen and oxygen atoms in total. The third-order valence-corrected chi connectivity index (χ3v) is 4.89. The van der Waals surface area contributed by atoms with Crippen LogP contribution in [0.3, 0.4) is 0 Å². The predicted molar refractivity (Wildman–Crippen MR) is 109 cm³/mol. The highest BCUT2D eigenvalue weighted by molar-refractivity contribution is 6.34. The largest absolute Gasteiger partial charge is 0.368 e.